The molecular weight excluding hydrogens is 378 g/mol. The van der Waals surface area contributed by atoms with E-state index in [0.29, 0.717) is 43.2 Å². The van der Waals surface area contributed by atoms with Gasteiger partial charge in [0.1, 0.15) is 35.9 Å². The monoisotopic (exact) mass is 398 g/mol. The summed E-state index contributed by atoms with van der Waals surface area (Å²) in [5.74, 6) is -1.05. The minimum Gasteiger partial charge on any atom is -0.366 e. The number of rotatable bonds is 6. The minimum absolute atomic E-state index is 0.166. The summed E-state index contributed by atoms with van der Waals surface area (Å²) in [7, 11) is 0. The average Bonchev–Trinajstić information content (AvgIpc) is 3.20. The van der Waals surface area contributed by atoms with E-state index in [1.54, 1.807) is 12.3 Å². The lowest BCUT2D eigenvalue weighted by Gasteiger charge is -2.22. The Labute approximate surface area is 167 Å². The molecule has 1 aromatic rings. The summed E-state index contributed by atoms with van der Waals surface area (Å²) in [5.41, 5.74) is 1.58. The molecule has 0 saturated carbocycles. The van der Waals surface area contributed by atoms with E-state index in [0.717, 1.165) is 11.6 Å². The van der Waals surface area contributed by atoms with Crippen LogP contribution in [0.4, 0.5) is 8.78 Å². The number of hydrazone groups is 1. The molecule has 0 fully saturated rings. The molecule has 2 aliphatic rings. The van der Waals surface area contributed by atoms with E-state index in [9.17, 15) is 13.6 Å². The maximum Gasteiger partial charge on any atom is 0.243 e. The fourth-order valence-electron chi connectivity index (χ4n) is 3.02. The fraction of sp³-hybridized carbons (Fsp3) is 0.300. The van der Waals surface area contributed by atoms with Crippen molar-refractivity contribution in [3.8, 4) is 6.07 Å². The van der Waals surface area contributed by atoms with Crippen molar-refractivity contribution in [3.05, 3.63) is 59.3 Å². The van der Waals surface area contributed by atoms with Crippen molar-refractivity contribution in [3.63, 3.8) is 0 Å². The molecule has 2 aliphatic heterocycles. The molecule has 150 valence electrons. The first-order valence-electron chi connectivity index (χ1n) is 9.07. The van der Waals surface area contributed by atoms with E-state index in [-0.39, 0.29) is 12.3 Å². The van der Waals surface area contributed by atoms with Gasteiger partial charge in [-0.2, -0.15) is 10.4 Å². The highest BCUT2D eigenvalue weighted by atomic mass is 19.1. The van der Waals surface area contributed by atoms with E-state index in [1.165, 1.54) is 17.1 Å². The molecule has 9 heteroatoms. The first kappa shape index (κ1) is 20.2. The smallest absolute Gasteiger partial charge is 0.243 e. The molecule has 0 radical (unpaired) electrons. The van der Waals surface area contributed by atoms with E-state index < -0.39 is 17.7 Å². The average molecular weight is 398 g/mol. The number of amidine groups is 1. The van der Waals surface area contributed by atoms with Gasteiger partial charge in [0.2, 0.25) is 5.91 Å². The quantitative estimate of drug-likeness (QED) is 0.720. The predicted octanol–water partition coefficient (Wildman–Crippen LogP) is 2.52. The van der Waals surface area contributed by atoms with E-state index in [2.05, 4.69) is 27.3 Å². The van der Waals surface area contributed by atoms with Gasteiger partial charge in [0.15, 0.2) is 0 Å². The summed E-state index contributed by atoms with van der Waals surface area (Å²) in [6.07, 6.45) is 4.15. The maximum atomic E-state index is 13.5. The van der Waals surface area contributed by atoms with Crippen molar-refractivity contribution in [2.45, 2.75) is 25.3 Å². The molecule has 3 rings (SSSR count). The predicted molar refractivity (Wildman–Crippen MR) is 105 cm³/mol. The van der Waals surface area contributed by atoms with E-state index in [4.69, 9.17) is 5.26 Å². The standard InChI is InChI=1S/C20H20F2N6O/c1-13(11-24-19-9-17(10-23)25-12-26-19)2-3-20(29)28-18(4-5-27-28)14-6-15(21)8-16(22)7-14/h5-9,18,25H,1-4,11-12H2,(H,24,26). The first-order valence-corrected chi connectivity index (χ1v) is 9.07. The summed E-state index contributed by atoms with van der Waals surface area (Å²) in [4.78, 5) is 16.8. The van der Waals surface area contributed by atoms with Crippen LogP contribution in [-0.4, -0.2) is 36.2 Å². The number of nitrogens with one attached hydrogen (secondary N) is 2. The lowest BCUT2D eigenvalue weighted by Crippen LogP contribution is -2.31. The highest BCUT2D eigenvalue weighted by molar-refractivity contribution is 5.94. The van der Waals surface area contributed by atoms with Crippen molar-refractivity contribution in [2.75, 3.05) is 13.2 Å². The third-order valence-corrected chi connectivity index (χ3v) is 4.49. The van der Waals surface area contributed by atoms with Gasteiger partial charge in [0, 0.05) is 37.7 Å². The van der Waals surface area contributed by atoms with Crippen molar-refractivity contribution in [1.82, 2.24) is 15.6 Å². The lowest BCUT2D eigenvalue weighted by molar-refractivity contribution is -0.133. The molecule has 1 unspecified atom stereocenters. The molecule has 0 bridgehead atoms. The van der Waals surface area contributed by atoms with Crippen LogP contribution >= 0.6 is 0 Å². The number of aliphatic imine (C=N–C) groups is 1. The van der Waals surface area contributed by atoms with Crippen LogP contribution in [0.3, 0.4) is 0 Å². The Morgan fingerprint density at radius 3 is 2.83 bits per heavy atom. The van der Waals surface area contributed by atoms with Crippen LogP contribution in [0.5, 0.6) is 0 Å². The highest BCUT2D eigenvalue weighted by Crippen LogP contribution is 2.30. The molecule has 0 spiro atoms. The number of allylic oxidation sites excluding steroid dienone is 1. The number of amides is 1. The van der Waals surface area contributed by atoms with Crippen LogP contribution < -0.4 is 10.6 Å². The summed E-state index contributed by atoms with van der Waals surface area (Å²) in [5, 5.41) is 20.1. The maximum absolute atomic E-state index is 13.5. The number of benzene rings is 1. The fourth-order valence-corrected chi connectivity index (χ4v) is 3.02. The van der Waals surface area contributed by atoms with Gasteiger partial charge in [0.05, 0.1) is 6.04 Å². The molecule has 7 nitrogen and oxygen atoms in total. The van der Waals surface area contributed by atoms with Crippen LogP contribution in [0.1, 0.15) is 30.9 Å². The number of hydrogen-bond donors (Lipinski definition) is 2. The van der Waals surface area contributed by atoms with Crippen LogP contribution in [0.15, 0.2) is 52.2 Å². The number of carbonyl (C=O) groups excluding carboxylic acids is 1. The number of nitrogens with zero attached hydrogens (tertiary/aromatic N) is 4. The van der Waals surface area contributed by atoms with Gasteiger partial charge >= 0.3 is 0 Å². The van der Waals surface area contributed by atoms with Crippen LogP contribution in [-0.2, 0) is 4.79 Å². The van der Waals surface area contributed by atoms with E-state index in [1.807, 2.05) is 6.07 Å². The van der Waals surface area contributed by atoms with Crippen molar-refractivity contribution >= 4 is 18.0 Å². The normalized spacial score (nSPS) is 17.8. The Kier molecular flexibility index (Phi) is 6.34. The minimum atomic E-state index is -0.687. The second-order valence-corrected chi connectivity index (χ2v) is 6.64. The molecule has 0 aliphatic carbocycles. The van der Waals surface area contributed by atoms with Gasteiger partial charge in [-0.15, -0.1) is 0 Å². The van der Waals surface area contributed by atoms with Gasteiger partial charge in [-0.05, 0) is 24.1 Å². The Morgan fingerprint density at radius 2 is 2.10 bits per heavy atom. The molecule has 2 N–H and O–H groups in total. The number of nitriles is 1. The van der Waals surface area contributed by atoms with Crippen molar-refractivity contribution in [1.29, 1.82) is 5.26 Å². The van der Waals surface area contributed by atoms with Gasteiger partial charge < -0.3 is 10.6 Å². The number of carbonyl (C=O) groups is 1. The Balaban J connectivity index is 1.51. The molecule has 0 saturated heterocycles. The SMILES string of the molecule is C=C(CCC(=O)N1N=CCC1c1cc(F)cc(F)c1)CNC1=NCNC(C#N)=C1. The summed E-state index contributed by atoms with van der Waals surface area (Å²) in [6, 6.07) is 4.73. The molecule has 1 atom stereocenters. The second kappa shape index (κ2) is 9.10. The molecule has 1 amide bonds. The third kappa shape index (κ3) is 5.25. The van der Waals surface area contributed by atoms with Crippen molar-refractivity contribution in [2.24, 2.45) is 10.1 Å². The Morgan fingerprint density at radius 1 is 1.34 bits per heavy atom. The summed E-state index contributed by atoms with van der Waals surface area (Å²) in [6.45, 7) is 4.68. The molecule has 1 aromatic carbocycles. The van der Waals surface area contributed by atoms with E-state index >= 15 is 0 Å². The summed E-state index contributed by atoms with van der Waals surface area (Å²) >= 11 is 0. The molecular formula is C20H20F2N6O. The zero-order chi connectivity index (χ0) is 20.8. The molecule has 2 heterocycles. The highest BCUT2D eigenvalue weighted by Gasteiger charge is 2.28. The second-order valence-electron chi connectivity index (χ2n) is 6.64. The first-order chi connectivity index (χ1) is 14.0. The topological polar surface area (TPSA) is 92.9 Å². The van der Waals surface area contributed by atoms with Crippen LogP contribution in [0.25, 0.3) is 0 Å². The largest absolute Gasteiger partial charge is 0.366 e. The summed E-state index contributed by atoms with van der Waals surface area (Å²) < 4.78 is 27.0. The van der Waals surface area contributed by atoms with Crippen LogP contribution in [0.2, 0.25) is 0 Å². The van der Waals surface area contributed by atoms with Gasteiger partial charge in [0.25, 0.3) is 0 Å². The van der Waals surface area contributed by atoms with Gasteiger partial charge in [-0.1, -0.05) is 12.2 Å². The Hall–Kier alpha value is -3.54. The molecule has 29 heavy (non-hydrogen) atoms. The zero-order valence-corrected chi connectivity index (χ0v) is 15.7. The number of hydrogen-bond acceptors (Lipinski definition) is 6. The van der Waals surface area contributed by atoms with Crippen LogP contribution in [0, 0.1) is 23.0 Å². The number of halogens is 2. The van der Waals surface area contributed by atoms with Gasteiger partial charge in [-0.25, -0.2) is 18.8 Å². The third-order valence-electron chi connectivity index (χ3n) is 4.49. The lowest BCUT2D eigenvalue weighted by atomic mass is 10.0. The van der Waals surface area contributed by atoms with Crippen molar-refractivity contribution < 1.29 is 13.6 Å². The molecule has 0 aromatic heterocycles. The zero-order valence-electron chi connectivity index (χ0n) is 15.7. The Bertz CT molecular complexity index is 927. The van der Waals surface area contributed by atoms with Gasteiger partial charge in [-0.3, -0.25) is 4.79 Å².